The van der Waals surface area contributed by atoms with E-state index in [0.29, 0.717) is 17.5 Å². The molecule has 0 aliphatic carbocycles. The van der Waals surface area contributed by atoms with Gasteiger partial charge in [-0.15, -0.1) is 0 Å². The van der Waals surface area contributed by atoms with Crippen molar-refractivity contribution in [3.05, 3.63) is 34.3 Å². The molecule has 100 valence electrons. The van der Waals surface area contributed by atoms with E-state index in [4.69, 9.17) is 22.4 Å². The van der Waals surface area contributed by atoms with Crippen LogP contribution < -0.4 is 5.73 Å². The second kappa shape index (κ2) is 6.76. The lowest BCUT2D eigenvalue weighted by molar-refractivity contribution is -0.137. The van der Waals surface area contributed by atoms with Crippen molar-refractivity contribution in [3.63, 3.8) is 0 Å². The van der Waals surface area contributed by atoms with Gasteiger partial charge in [-0.2, -0.15) is 0 Å². The van der Waals surface area contributed by atoms with E-state index in [2.05, 4.69) is 13.8 Å². The van der Waals surface area contributed by atoms with Gasteiger partial charge in [-0.25, -0.2) is 0 Å². The number of aliphatic carboxylic acids is 1. The van der Waals surface area contributed by atoms with Crippen molar-refractivity contribution in [2.45, 2.75) is 39.2 Å². The molecule has 1 unspecified atom stereocenters. The zero-order valence-corrected chi connectivity index (χ0v) is 11.6. The third kappa shape index (κ3) is 4.00. The van der Waals surface area contributed by atoms with Gasteiger partial charge in [0.05, 0.1) is 6.42 Å². The molecule has 0 heterocycles. The summed E-state index contributed by atoms with van der Waals surface area (Å²) in [5, 5.41) is 9.65. The first-order chi connectivity index (χ1) is 8.45. The van der Waals surface area contributed by atoms with Crippen LogP contribution in [0.5, 0.6) is 0 Å². The molecule has 1 rings (SSSR count). The number of hydrogen-bond donors (Lipinski definition) is 2. The zero-order valence-electron chi connectivity index (χ0n) is 10.8. The molecule has 0 fully saturated rings. The minimum absolute atomic E-state index is 0.0280. The molecule has 0 aliphatic heterocycles. The summed E-state index contributed by atoms with van der Waals surface area (Å²) in [6.45, 7) is 4.51. The van der Waals surface area contributed by atoms with Gasteiger partial charge in [-0.1, -0.05) is 37.6 Å². The second-order valence-electron chi connectivity index (χ2n) is 4.94. The number of hydrogen-bond acceptors (Lipinski definition) is 2. The Bertz CT molecular complexity index is 418. The molecule has 4 heteroatoms. The average Bonchev–Trinajstić information content (AvgIpc) is 2.26. The summed E-state index contributed by atoms with van der Waals surface area (Å²) in [4.78, 5) is 11.0. The van der Waals surface area contributed by atoms with E-state index in [9.17, 15) is 4.79 Å². The molecule has 0 saturated heterocycles. The number of carboxylic acids is 1. The van der Waals surface area contributed by atoms with Crippen LogP contribution in [0.2, 0.25) is 5.02 Å². The highest BCUT2D eigenvalue weighted by molar-refractivity contribution is 6.31. The molecule has 0 aliphatic rings. The van der Waals surface area contributed by atoms with Gasteiger partial charge in [-0.3, -0.25) is 4.79 Å². The van der Waals surface area contributed by atoms with Crippen molar-refractivity contribution in [1.82, 2.24) is 0 Å². The summed E-state index contributed by atoms with van der Waals surface area (Å²) in [6, 6.07) is 5.58. The minimum Gasteiger partial charge on any atom is -0.481 e. The highest BCUT2D eigenvalue weighted by atomic mass is 35.5. The van der Waals surface area contributed by atoms with Crippen LogP contribution in [0.3, 0.4) is 0 Å². The Labute approximate surface area is 113 Å². The molecule has 3 nitrogen and oxygen atoms in total. The number of halogens is 1. The van der Waals surface area contributed by atoms with E-state index >= 15 is 0 Å². The second-order valence-corrected chi connectivity index (χ2v) is 5.34. The summed E-state index contributed by atoms with van der Waals surface area (Å²) in [5.41, 5.74) is 7.56. The van der Waals surface area contributed by atoms with Crippen LogP contribution in [0, 0.1) is 5.92 Å². The van der Waals surface area contributed by atoms with E-state index in [-0.39, 0.29) is 12.3 Å². The zero-order chi connectivity index (χ0) is 13.7. The van der Waals surface area contributed by atoms with Gasteiger partial charge in [-0.05, 0) is 35.4 Å². The van der Waals surface area contributed by atoms with Gasteiger partial charge < -0.3 is 10.8 Å². The molecule has 0 amide bonds. The summed E-state index contributed by atoms with van der Waals surface area (Å²) in [6.07, 6.45) is 0.936. The third-order valence-electron chi connectivity index (χ3n) is 2.98. The summed E-state index contributed by atoms with van der Waals surface area (Å²) in [5.74, 6) is -0.387. The number of benzene rings is 1. The van der Waals surface area contributed by atoms with Gasteiger partial charge in [0.15, 0.2) is 0 Å². The quantitative estimate of drug-likeness (QED) is 0.832. The Balaban J connectivity index is 3.11. The lowest BCUT2D eigenvalue weighted by Crippen LogP contribution is -2.13. The van der Waals surface area contributed by atoms with Crippen molar-refractivity contribution in [3.8, 4) is 0 Å². The number of nitrogens with two attached hydrogens (primary N) is 1. The van der Waals surface area contributed by atoms with E-state index in [1.807, 2.05) is 12.1 Å². The molecule has 1 aromatic carbocycles. The Morgan fingerprint density at radius 1 is 1.44 bits per heavy atom. The topological polar surface area (TPSA) is 63.3 Å². The fourth-order valence-electron chi connectivity index (χ4n) is 2.27. The maximum absolute atomic E-state index is 11.0. The Morgan fingerprint density at radius 2 is 2.11 bits per heavy atom. The fraction of sp³-hybridized carbons (Fsp3) is 0.500. The largest absolute Gasteiger partial charge is 0.481 e. The van der Waals surface area contributed by atoms with E-state index in [1.54, 1.807) is 6.07 Å². The molecule has 0 aromatic heterocycles. The molecule has 3 N–H and O–H groups in total. The Hall–Kier alpha value is -1.06. The van der Waals surface area contributed by atoms with E-state index in [1.165, 1.54) is 0 Å². The molecule has 0 saturated carbocycles. The van der Waals surface area contributed by atoms with E-state index in [0.717, 1.165) is 17.5 Å². The van der Waals surface area contributed by atoms with Crippen LogP contribution in [0.15, 0.2) is 18.2 Å². The molecular formula is C14H20ClNO2. The number of carboxylic acid groups (broad SMARTS) is 1. The SMILES string of the molecule is CC(C)CC(CC(=O)O)c1cccc(Cl)c1CN. The molecular weight excluding hydrogens is 250 g/mol. The Kier molecular flexibility index (Phi) is 5.63. The van der Waals surface area contributed by atoms with Crippen LogP contribution in [-0.4, -0.2) is 11.1 Å². The minimum atomic E-state index is -0.788. The van der Waals surface area contributed by atoms with Gasteiger partial charge in [0, 0.05) is 11.6 Å². The number of rotatable bonds is 6. The average molecular weight is 270 g/mol. The molecule has 0 spiro atoms. The van der Waals surface area contributed by atoms with Crippen molar-refractivity contribution in [2.75, 3.05) is 0 Å². The third-order valence-corrected chi connectivity index (χ3v) is 3.33. The van der Waals surface area contributed by atoms with Crippen molar-refractivity contribution < 1.29 is 9.90 Å². The lowest BCUT2D eigenvalue weighted by atomic mass is 9.85. The maximum Gasteiger partial charge on any atom is 0.303 e. The monoisotopic (exact) mass is 269 g/mol. The first-order valence-electron chi connectivity index (χ1n) is 6.14. The standard InChI is InChI=1S/C14H20ClNO2/c1-9(2)6-10(7-14(17)18)11-4-3-5-13(15)12(11)8-16/h3-5,9-10H,6-8,16H2,1-2H3,(H,17,18). The lowest BCUT2D eigenvalue weighted by Gasteiger charge is -2.21. The van der Waals surface area contributed by atoms with Crippen molar-refractivity contribution in [2.24, 2.45) is 11.7 Å². The molecule has 18 heavy (non-hydrogen) atoms. The number of carbonyl (C=O) groups is 1. The van der Waals surface area contributed by atoms with Gasteiger partial charge in [0.25, 0.3) is 0 Å². The smallest absolute Gasteiger partial charge is 0.303 e. The van der Waals surface area contributed by atoms with Crippen LogP contribution in [-0.2, 0) is 11.3 Å². The summed E-state index contributed by atoms with van der Waals surface area (Å²) in [7, 11) is 0. The molecule has 0 bridgehead atoms. The first kappa shape index (κ1) is 15.0. The van der Waals surface area contributed by atoms with E-state index < -0.39 is 5.97 Å². The summed E-state index contributed by atoms with van der Waals surface area (Å²) >= 11 is 6.12. The Morgan fingerprint density at radius 3 is 2.61 bits per heavy atom. The predicted octanol–water partition coefficient (Wildman–Crippen LogP) is 3.40. The van der Waals surface area contributed by atoms with Crippen molar-refractivity contribution in [1.29, 1.82) is 0 Å². The van der Waals surface area contributed by atoms with Crippen molar-refractivity contribution >= 4 is 17.6 Å². The maximum atomic E-state index is 11.0. The normalized spacial score (nSPS) is 12.7. The molecule has 0 radical (unpaired) electrons. The highest BCUT2D eigenvalue weighted by Crippen LogP contribution is 2.32. The fourth-order valence-corrected chi connectivity index (χ4v) is 2.53. The van der Waals surface area contributed by atoms with Crippen LogP contribution in [0.1, 0.15) is 43.7 Å². The van der Waals surface area contributed by atoms with Crippen LogP contribution >= 0.6 is 11.6 Å². The van der Waals surface area contributed by atoms with Crippen LogP contribution in [0.4, 0.5) is 0 Å². The summed E-state index contributed by atoms with van der Waals surface area (Å²) < 4.78 is 0. The molecule has 1 atom stereocenters. The van der Waals surface area contributed by atoms with Gasteiger partial charge >= 0.3 is 5.97 Å². The predicted molar refractivity (Wildman–Crippen MR) is 73.8 cm³/mol. The first-order valence-corrected chi connectivity index (χ1v) is 6.52. The van der Waals surface area contributed by atoms with Gasteiger partial charge in [0.2, 0.25) is 0 Å². The highest BCUT2D eigenvalue weighted by Gasteiger charge is 2.20. The van der Waals surface area contributed by atoms with Gasteiger partial charge in [0.1, 0.15) is 0 Å². The molecule has 1 aromatic rings. The van der Waals surface area contributed by atoms with Crippen LogP contribution in [0.25, 0.3) is 0 Å².